The van der Waals surface area contributed by atoms with Crippen molar-refractivity contribution in [2.24, 2.45) is 0 Å². The number of hydrogen-bond acceptors (Lipinski definition) is 3. The first kappa shape index (κ1) is 15.4. The van der Waals surface area contributed by atoms with E-state index in [1.54, 1.807) is 11.3 Å². The van der Waals surface area contributed by atoms with Crippen LogP contribution in [0.25, 0.3) is 0 Å². The fourth-order valence-electron chi connectivity index (χ4n) is 2.39. The molecule has 0 aliphatic heterocycles. The smallest absolute Gasteiger partial charge is 0.251 e. The molecule has 0 spiro atoms. The second-order valence-corrected chi connectivity index (χ2v) is 6.58. The molecule has 0 fully saturated rings. The zero-order valence-corrected chi connectivity index (χ0v) is 13.8. The van der Waals surface area contributed by atoms with Crippen molar-refractivity contribution in [1.82, 2.24) is 10.3 Å². The van der Waals surface area contributed by atoms with Crippen molar-refractivity contribution in [3.63, 3.8) is 0 Å². The molecule has 1 N–H and O–H groups in total. The Bertz CT molecular complexity index is 796. The van der Waals surface area contributed by atoms with Gasteiger partial charge in [0.25, 0.3) is 5.91 Å². The van der Waals surface area contributed by atoms with Crippen molar-refractivity contribution in [2.75, 3.05) is 0 Å². The second kappa shape index (κ2) is 7.20. The molecule has 0 atom stereocenters. The van der Waals surface area contributed by atoms with Gasteiger partial charge in [-0.15, -0.1) is 11.3 Å². The predicted molar refractivity (Wildman–Crippen MR) is 93.7 cm³/mol. The Labute approximate surface area is 140 Å². The summed E-state index contributed by atoms with van der Waals surface area (Å²) >= 11 is 1.64. The van der Waals surface area contributed by atoms with E-state index in [1.807, 2.05) is 55.6 Å². The summed E-state index contributed by atoms with van der Waals surface area (Å²) in [5.41, 5.74) is 2.97. The van der Waals surface area contributed by atoms with Gasteiger partial charge in [-0.1, -0.05) is 48.5 Å². The first-order chi connectivity index (χ1) is 11.2. The maximum Gasteiger partial charge on any atom is 0.251 e. The van der Waals surface area contributed by atoms with Gasteiger partial charge in [-0.3, -0.25) is 4.79 Å². The zero-order valence-electron chi connectivity index (χ0n) is 13.0. The molecule has 23 heavy (non-hydrogen) atoms. The standard InChI is InChI=1S/C19H18N2OS/c1-14-7-5-6-10-17(14)19(22)21-13-18-20-12-16(23-18)11-15-8-3-2-4-9-15/h2-10,12H,11,13H2,1H3,(H,21,22). The zero-order chi connectivity index (χ0) is 16.1. The minimum absolute atomic E-state index is 0.0529. The Morgan fingerprint density at radius 2 is 1.83 bits per heavy atom. The molecule has 0 radical (unpaired) electrons. The summed E-state index contributed by atoms with van der Waals surface area (Å²) in [6.45, 7) is 2.41. The molecule has 2 aromatic carbocycles. The topological polar surface area (TPSA) is 42.0 Å². The first-order valence-electron chi connectivity index (χ1n) is 7.54. The number of amides is 1. The summed E-state index contributed by atoms with van der Waals surface area (Å²) in [5, 5.41) is 3.87. The fraction of sp³-hybridized carbons (Fsp3) is 0.158. The number of rotatable bonds is 5. The molecule has 4 heteroatoms. The highest BCUT2D eigenvalue weighted by Gasteiger charge is 2.09. The number of benzene rings is 2. The Hall–Kier alpha value is -2.46. The third kappa shape index (κ3) is 4.05. The molecule has 0 bridgehead atoms. The maximum absolute atomic E-state index is 12.2. The molecular weight excluding hydrogens is 304 g/mol. The molecular formula is C19H18N2OS. The lowest BCUT2D eigenvalue weighted by Crippen LogP contribution is -2.23. The number of aryl methyl sites for hydroxylation is 1. The number of aromatic nitrogens is 1. The van der Waals surface area contributed by atoms with Crippen LogP contribution in [-0.4, -0.2) is 10.9 Å². The lowest BCUT2D eigenvalue weighted by atomic mass is 10.1. The van der Waals surface area contributed by atoms with Crippen LogP contribution < -0.4 is 5.32 Å². The lowest BCUT2D eigenvalue weighted by molar-refractivity contribution is 0.0950. The van der Waals surface area contributed by atoms with Gasteiger partial charge in [0.1, 0.15) is 5.01 Å². The summed E-state index contributed by atoms with van der Waals surface area (Å²) in [4.78, 5) is 17.8. The fourth-order valence-corrected chi connectivity index (χ4v) is 3.28. The van der Waals surface area contributed by atoms with Crippen LogP contribution in [0.1, 0.15) is 31.4 Å². The number of hydrogen-bond donors (Lipinski definition) is 1. The molecule has 116 valence electrons. The summed E-state index contributed by atoms with van der Waals surface area (Å²) in [6, 6.07) is 17.9. The Kier molecular flexibility index (Phi) is 4.83. The quantitative estimate of drug-likeness (QED) is 0.772. The second-order valence-electron chi connectivity index (χ2n) is 5.38. The normalized spacial score (nSPS) is 10.5. The average Bonchev–Trinajstić information content (AvgIpc) is 3.01. The van der Waals surface area contributed by atoms with Crippen LogP contribution in [0.3, 0.4) is 0 Å². The number of carbonyl (C=O) groups is 1. The Balaban J connectivity index is 1.59. The van der Waals surface area contributed by atoms with Crippen LogP contribution in [0.5, 0.6) is 0 Å². The van der Waals surface area contributed by atoms with E-state index in [4.69, 9.17) is 0 Å². The van der Waals surface area contributed by atoms with Gasteiger partial charge in [-0.25, -0.2) is 4.98 Å². The maximum atomic E-state index is 12.2. The number of nitrogens with zero attached hydrogens (tertiary/aromatic N) is 1. The van der Waals surface area contributed by atoms with Crippen LogP contribution in [0.2, 0.25) is 0 Å². The summed E-state index contributed by atoms with van der Waals surface area (Å²) in [7, 11) is 0. The van der Waals surface area contributed by atoms with E-state index in [0.29, 0.717) is 12.1 Å². The van der Waals surface area contributed by atoms with E-state index in [-0.39, 0.29) is 5.91 Å². The average molecular weight is 322 g/mol. The minimum atomic E-state index is -0.0529. The molecule has 3 aromatic rings. The lowest BCUT2D eigenvalue weighted by Gasteiger charge is -2.05. The minimum Gasteiger partial charge on any atom is -0.346 e. The van der Waals surface area contributed by atoms with Gasteiger partial charge in [-0.05, 0) is 24.1 Å². The van der Waals surface area contributed by atoms with Gasteiger partial charge in [0.15, 0.2) is 0 Å². The monoisotopic (exact) mass is 322 g/mol. The highest BCUT2D eigenvalue weighted by molar-refractivity contribution is 7.11. The molecule has 3 nitrogen and oxygen atoms in total. The van der Waals surface area contributed by atoms with Gasteiger partial charge in [0.2, 0.25) is 0 Å². The van der Waals surface area contributed by atoms with Crippen LogP contribution in [0.4, 0.5) is 0 Å². The van der Waals surface area contributed by atoms with Crippen LogP contribution in [0, 0.1) is 6.92 Å². The highest BCUT2D eigenvalue weighted by Crippen LogP contribution is 2.17. The Morgan fingerprint density at radius 3 is 2.61 bits per heavy atom. The largest absolute Gasteiger partial charge is 0.346 e. The van der Waals surface area contributed by atoms with Crippen molar-refractivity contribution < 1.29 is 4.79 Å². The van der Waals surface area contributed by atoms with Crippen LogP contribution in [0.15, 0.2) is 60.8 Å². The third-order valence-electron chi connectivity index (χ3n) is 3.61. The van der Waals surface area contributed by atoms with Gasteiger partial charge in [0, 0.05) is 23.1 Å². The number of carbonyl (C=O) groups excluding carboxylic acids is 1. The SMILES string of the molecule is Cc1ccccc1C(=O)NCc1ncc(Cc2ccccc2)s1. The molecule has 0 unspecified atom stereocenters. The van der Waals surface area contributed by atoms with Crippen LogP contribution in [-0.2, 0) is 13.0 Å². The van der Waals surface area contributed by atoms with E-state index >= 15 is 0 Å². The van der Waals surface area contributed by atoms with E-state index in [1.165, 1.54) is 10.4 Å². The van der Waals surface area contributed by atoms with Crippen molar-refractivity contribution in [3.8, 4) is 0 Å². The molecule has 0 aliphatic carbocycles. The van der Waals surface area contributed by atoms with Crippen molar-refractivity contribution in [1.29, 1.82) is 0 Å². The predicted octanol–water partition coefficient (Wildman–Crippen LogP) is 3.97. The van der Waals surface area contributed by atoms with Crippen LogP contribution >= 0.6 is 11.3 Å². The summed E-state index contributed by atoms with van der Waals surface area (Å²) < 4.78 is 0. The molecule has 1 heterocycles. The first-order valence-corrected chi connectivity index (χ1v) is 8.35. The van der Waals surface area contributed by atoms with Gasteiger partial charge >= 0.3 is 0 Å². The van der Waals surface area contributed by atoms with Gasteiger partial charge in [-0.2, -0.15) is 0 Å². The molecule has 1 amide bonds. The highest BCUT2D eigenvalue weighted by atomic mass is 32.1. The number of nitrogens with one attached hydrogen (secondary N) is 1. The Morgan fingerprint density at radius 1 is 1.09 bits per heavy atom. The van der Waals surface area contributed by atoms with Gasteiger partial charge in [0.05, 0.1) is 6.54 Å². The third-order valence-corrected chi connectivity index (χ3v) is 4.61. The van der Waals surface area contributed by atoms with Gasteiger partial charge < -0.3 is 5.32 Å². The molecule has 3 rings (SSSR count). The summed E-state index contributed by atoms with van der Waals surface area (Å²) in [6.07, 6.45) is 2.77. The van der Waals surface area contributed by atoms with Crippen molar-refractivity contribution in [2.45, 2.75) is 19.9 Å². The van der Waals surface area contributed by atoms with E-state index < -0.39 is 0 Å². The van der Waals surface area contributed by atoms with E-state index in [9.17, 15) is 4.79 Å². The summed E-state index contributed by atoms with van der Waals surface area (Å²) in [5.74, 6) is -0.0529. The van der Waals surface area contributed by atoms with E-state index in [2.05, 4.69) is 22.4 Å². The molecule has 0 aliphatic rings. The molecule has 0 saturated heterocycles. The van der Waals surface area contributed by atoms with Crippen molar-refractivity contribution in [3.05, 3.63) is 87.4 Å². The molecule has 0 saturated carbocycles. The van der Waals surface area contributed by atoms with Crippen molar-refractivity contribution >= 4 is 17.2 Å². The van der Waals surface area contributed by atoms with E-state index in [0.717, 1.165) is 17.0 Å². The number of thiazole rings is 1. The molecule has 1 aromatic heterocycles.